The van der Waals surface area contributed by atoms with Gasteiger partial charge in [-0.1, -0.05) is 12.1 Å². The Morgan fingerprint density at radius 2 is 2.21 bits per heavy atom. The molecule has 0 spiro atoms. The number of carboxylic acids is 1. The standard InChI is InChI=1S/C11H13NO2/c1-11(2,10(13)14)7-6-9-5-3-4-8-12-9/h3-8H,1-2H3,(H,13,14). The van der Waals surface area contributed by atoms with E-state index in [9.17, 15) is 4.79 Å². The van der Waals surface area contributed by atoms with Crippen LogP contribution in [-0.4, -0.2) is 16.1 Å². The third-order valence-corrected chi connectivity index (χ3v) is 1.91. The minimum atomic E-state index is -0.850. The molecule has 0 bridgehead atoms. The van der Waals surface area contributed by atoms with Crippen molar-refractivity contribution in [3.63, 3.8) is 0 Å². The monoisotopic (exact) mass is 191 g/mol. The number of rotatable bonds is 3. The van der Waals surface area contributed by atoms with Gasteiger partial charge in [-0.2, -0.15) is 0 Å². The molecule has 0 fully saturated rings. The van der Waals surface area contributed by atoms with Crippen LogP contribution in [0.3, 0.4) is 0 Å². The Balaban J connectivity index is 2.79. The van der Waals surface area contributed by atoms with Gasteiger partial charge >= 0.3 is 5.97 Å². The first-order chi connectivity index (χ1) is 6.52. The Morgan fingerprint density at radius 1 is 1.50 bits per heavy atom. The largest absolute Gasteiger partial charge is 0.481 e. The van der Waals surface area contributed by atoms with E-state index in [4.69, 9.17) is 5.11 Å². The molecule has 1 N–H and O–H groups in total. The lowest BCUT2D eigenvalue weighted by Crippen LogP contribution is -2.20. The molecule has 0 amide bonds. The Morgan fingerprint density at radius 3 is 2.71 bits per heavy atom. The number of pyridine rings is 1. The summed E-state index contributed by atoms with van der Waals surface area (Å²) in [6.07, 6.45) is 5.03. The van der Waals surface area contributed by atoms with Crippen LogP contribution in [-0.2, 0) is 4.79 Å². The normalized spacial score (nSPS) is 11.9. The van der Waals surface area contributed by atoms with Gasteiger partial charge in [-0.25, -0.2) is 0 Å². The third kappa shape index (κ3) is 2.69. The molecule has 1 heterocycles. The Hall–Kier alpha value is -1.64. The van der Waals surface area contributed by atoms with E-state index in [-0.39, 0.29) is 0 Å². The molecule has 0 aliphatic heterocycles. The van der Waals surface area contributed by atoms with Crippen LogP contribution in [0.15, 0.2) is 30.5 Å². The van der Waals surface area contributed by atoms with Crippen molar-refractivity contribution in [3.8, 4) is 0 Å². The molecule has 74 valence electrons. The minimum Gasteiger partial charge on any atom is -0.481 e. The first-order valence-electron chi connectivity index (χ1n) is 4.36. The SMILES string of the molecule is CC(C)(C=Cc1ccccn1)C(=O)O. The molecule has 0 aliphatic carbocycles. The lowest BCUT2D eigenvalue weighted by molar-refractivity contribution is -0.144. The smallest absolute Gasteiger partial charge is 0.312 e. The lowest BCUT2D eigenvalue weighted by Gasteiger charge is -2.12. The second kappa shape index (κ2) is 4.05. The molecule has 14 heavy (non-hydrogen) atoms. The fourth-order valence-electron chi connectivity index (χ4n) is 0.840. The highest BCUT2D eigenvalue weighted by Crippen LogP contribution is 2.18. The summed E-state index contributed by atoms with van der Waals surface area (Å²) in [4.78, 5) is 14.8. The number of aromatic nitrogens is 1. The lowest BCUT2D eigenvalue weighted by atomic mass is 9.93. The van der Waals surface area contributed by atoms with Gasteiger partial charge in [0.15, 0.2) is 0 Å². The van der Waals surface area contributed by atoms with Gasteiger partial charge in [0.2, 0.25) is 0 Å². The average molecular weight is 191 g/mol. The number of hydrogen-bond acceptors (Lipinski definition) is 2. The predicted molar refractivity (Wildman–Crippen MR) is 54.7 cm³/mol. The van der Waals surface area contributed by atoms with E-state index in [0.717, 1.165) is 5.69 Å². The zero-order valence-corrected chi connectivity index (χ0v) is 8.27. The van der Waals surface area contributed by atoms with E-state index < -0.39 is 11.4 Å². The fraction of sp³-hybridized carbons (Fsp3) is 0.273. The molecule has 0 radical (unpaired) electrons. The Labute approximate surface area is 83.1 Å². The number of carbonyl (C=O) groups is 1. The van der Waals surface area contributed by atoms with Gasteiger partial charge in [0, 0.05) is 6.20 Å². The van der Waals surface area contributed by atoms with Gasteiger partial charge < -0.3 is 5.11 Å². The highest BCUT2D eigenvalue weighted by atomic mass is 16.4. The second-order valence-corrected chi connectivity index (χ2v) is 3.61. The van der Waals surface area contributed by atoms with Gasteiger partial charge in [-0.3, -0.25) is 9.78 Å². The molecule has 0 saturated heterocycles. The topological polar surface area (TPSA) is 50.2 Å². The zero-order chi connectivity index (χ0) is 10.6. The predicted octanol–water partition coefficient (Wildman–Crippen LogP) is 2.21. The average Bonchev–Trinajstić information content (AvgIpc) is 2.16. The number of nitrogens with zero attached hydrogens (tertiary/aromatic N) is 1. The summed E-state index contributed by atoms with van der Waals surface area (Å²) in [6, 6.07) is 5.51. The van der Waals surface area contributed by atoms with E-state index >= 15 is 0 Å². The molecule has 3 heteroatoms. The zero-order valence-electron chi connectivity index (χ0n) is 8.27. The third-order valence-electron chi connectivity index (χ3n) is 1.91. The molecule has 0 unspecified atom stereocenters. The van der Waals surface area contributed by atoms with Crippen LogP contribution < -0.4 is 0 Å². The molecule has 1 aromatic rings. The summed E-state index contributed by atoms with van der Waals surface area (Å²) < 4.78 is 0. The summed E-state index contributed by atoms with van der Waals surface area (Å²) in [7, 11) is 0. The maximum Gasteiger partial charge on any atom is 0.312 e. The summed E-state index contributed by atoms with van der Waals surface area (Å²) >= 11 is 0. The van der Waals surface area contributed by atoms with Gasteiger partial charge in [0.05, 0.1) is 11.1 Å². The van der Waals surface area contributed by atoms with Crippen molar-refractivity contribution in [2.24, 2.45) is 5.41 Å². The maximum atomic E-state index is 10.8. The van der Waals surface area contributed by atoms with Crippen LogP contribution in [0, 0.1) is 5.41 Å². The van der Waals surface area contributed by atoms with E-state index in [1.165, 1.54) is 0 Å². The fourth-order valence-corrected chi connectivity index (χ4v) is 0.840. The van der Waals surface area contributed by atoms with Crippen molar-refractivity contribution in [3.05, 3.63) is 36.2 Å². The van der Waals surface area contributed by atoms with E-state index in [1.54, 1.807) is 32.2 Å². The number of carboxylic acid groups (broad SMARTS) is 1. The molecule has 3 nitrogen and oxygen atoms in total. The van der Waals surface area contributed by atoms with Crippen molar-refractivity contribution in [1.82, 2.24) is 4.98 Å². The van der Waals surface area contributed by atoms with Crippen LogP contribution in [0.2, 0.25) is 0 Å². The molecule has 0 atom stereocenters. The van der Waals surface area contributed by atoms with Crippen molar-refractivity contribution in [2.45, 2.75) is 13.8 Å². The van der Waals surface area contributed by atoms with Crippen LogP contribution in [0.25, 0.3) is 6.08 Å². The van der Waals surface area contributed by atoms with Crippen molar-refractivity contribution in [2.75, 3.05) is 0 Å². The number of aliphatic carboxylic acids is 1. The van der Waals surface area contributed by atoms with Crippen molar-refractivity contribution >= 4 is 12.0 Å². The van der Waals surface area contributed by atoms with Crippen LogP contribution in [0.1, 0.15) is 19.5 Å². The molecular weight excluding hydrogens is 178 g/mol. The maximum absolute atomic E-state index is 10.8. The Bertz CT molecular complexity index is 342. The molecular formula is C11H13NO2. The molecule has 0 aliphatic rings. The van der Waals surface area contributed by atoms with Crippen molar-refractivity contribution in [1.29, 1.82) is 0 Å². The van der Waals surface area contributed by atoms with E-state index in [1.807, 2.05) is 18.2 Å². The minimum absolute atomic E-state index is 0.766. The molecule has 0 saturated carbocycles. The van der Waals surface area contributed by atoms with Crippen LogP contribution in [0.5, 0.6) is 0 Å². The highest BCUT2D eigenvalue weighted by Gasteiger charge is 2.22. The Kier molecular flexibility index (Phi) is 3.02. The van der Waals surface area contributed by atoms with Crippen LogP contribution >= 0.6 is 0 Å². The first kappa shape index (κ1) is 10.4. The molecule has 0 aromatic carbocycles. The highest BCUT2D eigenvalue weighted by molar-refractivity contribution is 5.77. The van der Waals surface area contributed by atoms with Gasteiger partial charge in [0.25, 0.3) is 0 Å². The summed E-state index contributed by atoms with van der Waals surface area (Å²) in [5.41, 5.74) is -0.0841. The van der Waals surface area contributed by atoms with Crippen LogP contribution in [0.4, 0.5) is 0 Å². The summed E-state index contributed by atoms with van der Waals surface area (Å²) in [5.74, 6) is -0.843. The van der Waals surface area contributed by atoms with E-state index in [2.05, 4.69) is 4.98 Å². The summed E-state index contributed by atoms with van der Waals surface area (Å²) in [6.45, 7) is 3.30. The second-order valence-electron chi connectivity index (χ2n) is 3.61. The first-order valence-corrected chi connectivity index (χ1v) is 4.36. The van der Waals surface area contributed by atoms with Gasteiger partial charge in [0.1, 0.15) is 0 Å². The van der Waals surface area contributed by atoms with Crippen molar-refractivity contribution < 1.29 is 9.90 Å². The number of hydrogen-bond donors (Lipinski definition) is 1. The molecule has 1 rings (SSSR count). The summed E-state index contributed by atoms with van der Waals surface area (Å²) in [5, 5.41) is 8.85. The van der Waals surface area contributed by atoms with E-state index in [0.29, 0.717) is 0 Å². The van der Waals surface area contributed by atoms with Gasteiger partial charge in [-0.05, 0) is 32.1 Å². The quantitative estimate of drug-likeness (QED) is 0.796. The molecule has 1 aromatic heterocycles. The van der Waals surface area contributed by atoms with Gasteiger partial charge in [-0.15, -0.1) is 0 Å².